The summed E-state index contributed by atoms with van der Waals surface area (Å²) in [6.45, 7) is 12.0. The number of hydrogen-bond donors (Lipinski definition) is 1. The molecule has 0 saturated carbocycles. The first-order valence-electron chi connectivity index (χ1n) is 7.62. The van der Waals surface area contributed by atoms with Crippen LogP contribution < -0.4 is 10.2 Å². The van der Waals surface area contributed by atoms with Gasteiger partial charge in [-0.05, 0) is 50.4 Å². The summed E-state index contributed by atoms with van der Waals surface area (Å²) >= 11 is 6.48. The summed E-state index contributed by atoms with van der Waals surface area (Å²) in [6, 6.07) is 7.23. The summed E-state index contributed by atoms with van der Waals surface area (Å²) in [5, 5.41) is 4.25. The number of benzene rings is 1. The Labute approximate surface area is 129 Å². The van der Waals surface area contributed by atoms with Crippen molar-refractivity contribution in [2.45, 2.75) is 53.1 Å². The van der Waals surface area contributed by atoms with Gasteiger partial charge in [-0.1, -0.05) is 38.4 Å². The molecule has 0 bridgehead atoms. The maximum atomic E-state index is 6.48. The van der Waals surface area contributed by atoms with Gasteiger partial charge in [0.25, 0.3) is 0 Å². The third-order valence-electron chi connectivity index (χ3n) is 3.84. The second-order valence-corrected chi connectivity index (χ2v) is 6.49. The first kappa shape index (κ1) is 17.3. The van der Waals surface area contributed by atoms with E-state index in [0.29, 0.717) is 18.0 Å². The fraction of sp³-hybridized carbons (Fsp3) is 0.647. The van der Waals surface area contributed by atoms with Crippen LogP contribution in [0.2, 0.25) is 5.02 Å². The molecular weight excluding hydrogens is 268 g/mol. The quantitative estimate of drug-likeness (QED) is 0.771. The maximum absolute atomic E-state index is 6.48. The van der Waals surface area contributed by atoms with Gasteiger partial charge in [0.05, 0.1) is 10.7 Å². The van der Waals surface area contributed by atoms with E-state index in [2.05, 4.69) is 70.1 Å². The molecule has 114 valence electrons. The van der Waals surface area contributed by atoms with Crippen LogP contribution in [0.15, 0.2) is 18.2 Å². The Hall–Kier alpha value is -0.730. The lowest BCUT2D eigenvalue weighted by Gasteiger charge is -2.29. The third-order valence-corrected chi connectivity index (χ3v) is 4.14. The second kappa shape index (κ2) is 7.90. The molecule has 2 nitrogen and oxygen atoms in total. The Morgan fingerprint density at radius 1 is 1.20 bits per heavy atom. The van der Waals surface area contributed by atoms with Crippen LogP contribution in [0.4, 0.5) is 5.69 Å². The van der Waals surface area contributed by atoms with Crippen LogP contribution in [0, 0.1) is 5.92 Å². The minimum atomic E-state index is 0.338. The number of rotatable bonds is 7. The predicted octanol–water partition coefficient (Wildman–Crippen LogP) is 4.88. The molecule has 0 saturated heterocycles. The van der Waals surface area contributed by atoms with Gasteiger partial charge in [-0.3, -0.25) is 0 Å². The standard InChI is InChI=1S/C17H29ClN2/c1-7-19-14(5)15-8-9-17(16(18)11-15)20(6)13(4)10-12(2)3/h8-9,11-14,19H,7,10H2,1-6H3. The van der Waals surface area contributed by atoms with E-state index in [-0.39, 0.29) is 0 Å². The lowest BCUT2D eigenvalue weighted by molar-refractivity contribution is 0.504. The van der Waals surface area contributed by atoms with Crippen molar-refractivity contribution in [3.63, 3.8) is 0 Å². The molecule has 0 spiro atoms. The zero-order chi connectivity index (χ0) is 15.3. The molecule has 3 heteroatoms. The predicted molar refractivity (Wildman–Crippen MR) is 90.9 cm³/mol. The highest BCUT2D eigenvalue weighted by atomic mass is 35.5. The normalized spacial score (nSPS) is 14.4. The van der Waals surface area contributed by atoms with Crippen molar-refractivity contribution in [3.05, 3.63) is 28.8 Å². The maximum Gasteiger partial charge on any atom is 0.0642 e. The van der Waals surface area contributed by atoms with Crippen LogP contribution in [0.5, 0.6) is 0 Å². The summed E-state index contributed by atoms with van der Waals surface area (Å²) in [5.41, 5.74) is 2.36. The molecule has 20 heavy (non-hydrogen) atoms. The van der Waals surface area contributed by atoms with Crippen LogP contribution in [-0.4, -0.2) is 19.6 Å². The van der Waals surface area contributed by atoms with E-state index in [9.17, 15) is 0 Å². The van der Waals surface area contributed by atoms with Crippen molar-refractivity contribution < 1.29 is 0 Å². The first-order chi connectivity index (χ1) is 9.36. The van der Waals surface area contributed by atoms with Gasteiger partial charge in [-0.25, -0.2) is 0 Å². The van der Waals surface area contributed by atoms with Crippen molar-refractivity contribution in [1.29, 1.82) is 0 Å². The highest BCUT2D eigenvalue weighted by Gasteiger charge is 2.15. The third kappa shape index (κ3) is 4.68. The van der Waals surface area contributed by atoms with Crippen LogP contribution >= 0.6 is 11.6 Å². The number of nitrogens with zero attached hydrogens (tertiary/aromatic N) is 1. The van der Waals surface area contributed by atoms with E-state index < -0.39 is 0 Å². The summed E-state index contributed by atoms with van der Waals surface area (Å²) in [7, 11) is 2.13. The molecule has 0 amide bonds. The SMILES string of the molecule is CCNC(C)c1ccc(N(C)C(C)CC(C)C)c(Cl)c1. The topological polar surface area (TPSA) is 15.3 Å². The summed E-state index contributed by atoms with van der Waals surface area (Å²) in [4.78, 5) is 2.28. The van der Waals surface area contributed by atoms with E-state index in [1.165, 1.54) is 12.0 Å². The second-order valence-electron chi connectivity index (χ2n) is 6.08. The molecule has 2 unspecified atom stereocenters. The molecule has 0 aliphatic carbocycles. The van der Waals surface area contributed by atoms with Gasteiger partial charge in [0.15, 0.2) is 0 Å². The minimum absolute atomic E-state index is 0.338. The van der Waals surface area contributed by atoms with Crippen molar-refractivity contribution in [2.24, 2.45) is 5.92 Å². The molecule has 1 aromatic carbocycles. The van der Waals surface area contributed by atoms with E-state index in [1.807, 2.05) is 0 Å². The Morgan fingerprint density at radius 3 is 2.35 bits per heavy atom. The Bertz CT molecular complexity index is 417. The zero-order valence-corrected chi connectivity index (χ0v) is 14.5. The van der Waals surface area contributed by atoms with Crippen molar-refractivity contribution in [1.82, 2.24) is 5.32 Å². The lowest BCUT2D eigenvalue weighted by atomic mass is 10.0. The first-order valence-corrected chi connectivity index (χ1v) is 8.00. The van der Waals surface area contributed by atoms with E-state index >= 15 is 0 Å². The molecule has 0 radical (unpaired) electrons. The lowest BCUT2D eigenvalue weighted by Crippen LogP contribution is -2.30. The highest BCUT2D eigenvalue weighted by molar-refractivity contribution is 6.33. The minimum Gasteiger partial charge on any atom is -0.371 e. The Morgan fingerprint density at radius 2 is 1.85 bits per heavy atom. The largest absolute Gasteiger partial charge is 0.371 e. The van der Waals surface area contributed by atoms with E-state index in [0.717, 1.165) is 17.3 Å². The van der Waals surface area contributed by atoms with Gasteiger partial charge < -0.3 is 10.2 Å². The van der Waals surface area contributed by atoms with Gasteiger partial charge in [-0.15, -0.1) is 0 Å². The zero-order valence-electron chi connectivity index (χ0n) is 13.7. The van der Waals surface area contributed by atoms with Gasteiger partial charge >= 0.3 is 0 Å². The van der Waals surface area contributed by atoms with Gasteiger partial charge in [0.1, 0.15) is 0 Å². The van der Waals surface area contributed by atoms with E-state index in [4.69, 9.17) is 11.6 Å². The number of halogens is 1. The highest BCUT2D eigenvalue weighted by Crippen LogP contribution is 2.30. The van der Waals surface area contributed by atoms with Gasteiger partial charge in [-0.2, -0.15) is 0 Å². The van der Waals surface area contributed by atoms with Gasteiger partial charge in [0, 0.05) is 19.1 Å². The molecule has 0 heterocycles. The van der Waals surface area contributed by atoms with Crippen LogP contribution in [-0.2, 0) is 0 Å². The average molecular weight is 297 g/mol. The molecular formula is C17H29ClN2. The van der Waals surface area contributed by atoms with Crippen LogP contribution in [0.1, 0.15) is 52.6 Å². The smallest absolute Gasteiger partial charge is 0.0642 e. The van der Waals surface area contributed by atoms with Crippen LogP contribution in [0.25, 0.3) is 0 Å². The van der Waals surface area contributed by atoms with Crippen molar-refractivity contribution in [3.8, 4) is 0 Å². The van der Waals surface area contributed by atoms with Crippen molar-refractivity contribution in [2.75, 3.05) is 18.5 Å². The molecule has 0 aromatic heterocycles. The number of hydrogen-bond acceptors (Lipinski definition) is 2. The molecule has 2 atom stereocenters. The molecule has 0 aliphatic heterocycles. The molecule has 1 N–H and O–H groups in total. The number of nitrogens with one attached hydrogen (secondary N) is 1. The fourth-order valence-electron chi connectivity index (χ4n) is 2.58. The number of anilines is 1. The summed E-state index contributed by atoms with van der Waals surface area (Å²) in [5.74, 6) is 0.694. The fourth-order valence-corrected chi connectivity index (χ4v) is 2.90. The van der Waals surface area contributed by atoms with E-state index in [1.54, 1.807) is 0 Å². The molecule has 0 fully saturated rings. The average Bonchev–Trinajstić information content (AvgIpc) is 2.37. The molecule has 0 aliphatic rings. The molecule has 1 rings (SSSR count). The Kier molecular flexibility index (Phi) is 6.84. The monoisotopic (exact) mass is 296 g/mol. The molecule has 1 aromatic rings. The summed E-state index contributed by atoms with van der Waals surface area (Å²) in [6.07, 6.45) is 1.17. The Balaban J connectivity index is 2.87. The van der Waals surface area contributed by atoms with Crippen molar-refractivity contribution >= 4 is 17.3 Å². The summed E-state index contributed by atoms with van der Waals surface area (Å²) < 4.78 is 0. The van der Waals surface area contributed by atoms with Gasteiger partial charge in [0.2, 0.25) is 0 Å². The van der Waals surface area contributed by atoms with Crippen LogP contribution in [0.3, 0.4) is 0 Å².